The van der Waals surface area contributed by atoms with Gasteiger partial charge in [0.25, 0.3) is 0 Å². The number of aryl methyl sites for hydroxylation is 3. The number of azo groups is 1. The summed E-state index contributed by atoms with van der Waals surface area (Å²) in [5, 5.41) is 70.4. The van der Waals surface area contributed by atoms with E-state index in [1.807, 2.05) is 139 Å². The van der Waals surface area contributed by atoms with Gasteiger partial charge in [0, 0.05) is 85.2 Å². The van der Waals surface area contributed by atoms with E-state index in [1.165, 1.54) is 19.1 Å². The lowest BCUT2D eigenvalue weighted by molar-refractivity contribution is -0.132. The lowest BCUT2D eigenvalue weighted by Crippen LogP contribution is -2.32. The van der Waals surface area contributed by atoms with Gasteiger partial charge in [0.2, 0.25) is 30.5 Å². The maximum Gasteiger partial charge on any atom is 0.334 e. The molecule has 4 aliphatic rings. The van der Waals surface area contributed by atoms with Gasteiger partial charge >= 0.3 is 5.97 Å². The number of hydrogen-bond acceptors (Lipinski definition) is 32. The van der Waals surface area contributed by atoms with Gasteiger partial charge in [-0.05, 0) is 130 Å². The number of tetrazole rings is 2. The molecule has 0 aliphatic carbocycles. The molecule has 109 heavy (non-hydrogen) atoms. The summed E-state index contributed by atoms with van der Waals surface area (Å²) in [6.07, 6.45) is 21.5. The van der Waals surface area contributed by atoms with Gasteiger partial charge in [-0.2, -0.15) is 25.3 Å². The van der Waals surface area contributed by atoms with Gasteiger partial charge < -0.3 is 22.8 Å². The molecule has 0 spiro atoms. The topological polar surface area (TPSA) is 448 Å². The number of nitrogens with zero attached hydrogens (tertiary/aromatic N) is 33. The number of allylic oxidation sites excluding steroid dienone is 1. The number of carbonyl (C=O) groups is 2. The van der Waals surface area contributed by atoms with Crippen molar-refractivity contribution < 1.29 is 27.8 Å². The molecule has 9 aromatic rings. The molecule has 0 bridgehead atoms. The lowest BCUT2D eigenvalue weighted by atomic mass is 10.1. The molecule has 0 atom stereocenters. The van der Waals surface area contributed by atoms with Crippen LogP contribution in [-0.4, -0.2) is 204 Å². The van der Waals surface area contributed by atoms with Gasteiger partial charge in [0.1, 0.15) is 55.9 Å². The van der Waals surface area contributed by atoms with Gasteiger partial charge in [-0.25, -0.2) is 33.8 Å². The Balaban J connectivity index is 0.000000591. The third-order valence-corrected chi connectivity index (χ3v) is 13.7. The zero-order valence-corrected chi connectivity index (χ0v) is 69.5. The van der Waals surface area contributed by atoms with Gasteiger partial charge in [0.05, 0.1) is 49.3 Å². The molecule has 0 saturated heterocycles. The summed E-state index contributed by atoms with van der Waals surface area (Å²) in [7, 11) is 1.95. The molecule has 4 aliphatic heterocycles. The Labute approximate surface area is 641 Å². The number of aliphatic imine (C=N–C) groups is 4. The van der Waals surface area contributed by atoms with Crippen molar-refractivity contribution in [2.75, 3.05) is 26.2 Å². The standard InChI is InChI=1S/2C6H11N3.C6H10N2O.2C6H10N2.C6H9NO2.C5H10N4.2C5H9N3.3C5H8N2O.C4H8N4/c1-5(2)6-8-7-4-9(6)3;1-5(2)9-6(3)4-7-8-9;1-5(2)8-4-7-3-6(8)9;1-5(2)6-7-3-4-8-6;1-5(2)6-3-4-7-8-6;1-4(2)6-7-3-5(8)9-6;1-4(2)9-5(3)6-7-8-9;1-5(2)8-4-6-3-7-8;1-5(2)8-4-3-6-7-8;1-4(2)5-7-6-3-8-5;1-4(2)5-6-3-8-7-5;1-4(2)5-6-3-7-8-5;1-4(2)8-3-5-6-7-8/h2*4-5H,1-3H3;4-5H,3H2,1-2H3;2*3,5H,4H2,1-2H3;4H,3H2,1-2H3;4H,1-3H3;2*3-5H,1-2H3;4*3-4H,1-2H3. The van der Waals surface area contributed by atoms with Crippen LogP contribution in [-0.2, 0) is 21.4 Å². The number of amides is 1. The number of hydrogen-bond donors (Lipinski definition) is 0. The highest BCUT2D eigenvalue weighted by atomic mass is 16.6. The summed E-state index contributed by atoms with van der Waals surface area (Å²) in [5.41, 5.74) is 2.25. The van der Waals surface area contributed by atoms with Gasteiger partial charge in [-0.15, -0.1) is 40.8 Å². The maximum absolute atomic E-state index is 10.8. The second-order valence-corrected chi connectivity index (χ2v) is 27.8. The first-order chi connectivity index (χ1) is 51.5. The SMILES string of the molecule is CC(C)C1=CCN=N1.CC(C)C1=NCC(=O)O1.CC(C)C1=NCC=N1.CC(C)N1C=NCC1=O.CC(C)c1ncno1.CC(C)c1ncon1.CC(C)c1nncn1C.CC(C)c1nnco1.CC(C)n1ccnn1.CC(C)n1cncn1.CC(C)n1cnnn1.Cc1cnnn1C(C)C.Cc1nnnn1C(C)C. The van der Waals surface area contributed by atoms with Crippen molar-refractivity contribution in [2.45, 2.75) is 254 Å². The molecule has 0 saturated carbocycles. The summed E-state index contributed by atoms with van der Waals surface area (Å²) in [4.78, 5) is 50.2. The van der Waals surface area contributed by atoms with Crippen molar-refractivity contribution in [3.8, 4) is 0 Å². The summed E-state index contributed by atoms with van der Waals surface area (Å²) < 4.78 is 29.8. The second-order valence-electron chi connectivity index (χ2n) is 27.8. The number of ether oxygens (including phenoxy) is 1. The number of rotatable bonds is 13. The van der Waals surface area contributed by atoms with Crippen LogP contribution in [0.25, 0.3) is 0 Å². The monoisotopic (exact) mass is 1520 g/mol. The fraction of sp³-hybridized carbons (Fsp3) is 0.657. The van der Waals surface area contributed by atoms with Crippen LogP contribution in [0.5, 0.6) is 0 Å². The molecular formula is C70H121N33O6. The van der Waals surface area contributed by atoms with E-state index in [0.29, 0.717) is 89.9 Å². The second kappa shape index (κ2) is 53.8. The summed E-state index contributed by atoms with van der Waals surface area (Å²) in [6, 6.07) is 2.26. The Morgan fingerprint density at radius 2 is 1.21 bits per heavy atom. The quantitative estimate of drug-likeness (QED) is 0.0967. The Kier molecular flexibility index (Phi) is 47.4. The number of cyclic esters (lactones) is 1. The molecule has 1 amide bonds. The van der Waals surface area contributed by atoms with E-state index in [9.17, 15) is 9.59 Å². The van der Waals surface area contributed by atoms with Crippen LogP contribution in [0.4, 0.5) is 0 Å². The highest BCUT2D eigenvalue weighted by Gasteiger charge is 2.19. The molecule has 0 unspecified atom stereocenters. The summed E-state index contributed by atoms with van der Waals surface area (Å²) >= 11 is 0. The van der Waals surface area contributed by atoms with E-state index in [4.69, 9.17) is 13.7 Å². The molecule has 0 radical (unpaired) electrons. The molecular weight excluding hydrogens is 1400 g/mol. The summed E-state index contributed by atoms with van der Waals surface area (Å²) in [6.45, 7) is 59.1. The molecule has 13 heterocycles. The van der Waals surface area contributed by atoms with E-state index in [-0.39, 0.29) is 30.4 Å². The number of aromatic nitrogens is 26. The van der Waals surface area contributed by atoms with Crippen molar-refractivity contribution >= 4 is 36.2 Å². The Bertz CT molecular complexity index is 3450. The van der Waals surface area contributed by atoms with Crippen LogP contribution in [0.1, 0.15) is 269 Å². The minimum atomic E-state index is -0.237. The molecule has 39 heteroatoms. The van der Waals surface area contributed by atoms with Gasteiger partial charge in [-0.1, -0.05) is 118 Å². The number of carbonyl (C=O) groups excluding carboxylic acids is 2. The van der Waals surface area contributed by atoms with Crippen molar-refractivity contribution in [1.29, 1.82) is 0 Å². The van der Waals surface area contributed by atoms with E-state index >= 15 is 0 Å². The Hall–Kier alpha value is -10.9. The molecule has 39 nitrogen and oxygen atoms in total. The third kappa shape index (κ3) is 41.1. The first-order valence-corrected chi connectivity index (χ1v) is 36.4. The van der Waals surface area contributed by atoms with Crippen LogP contribution >= 0.6 is 0 Å². The first kappa shape index (κ1) is 96.1. The molecule has 0 N–H and O–H groups in total. The van der Waals surface area contributed by atoms with Crippen molar-refractivity contribution in [3.05, 3.63) is 110 Å². The van der Waals surface area contributed by atoms with Crippen molar-refractivity contribution in [1.82, 2.24) is 135 Å². The Morgan fingerprint density at radius 1 is 0.532 bits per heavy atom. The number of esters is 1. The van der Waals surface area contributed by atoms with Crippen molar-refractivity contribution in [2.24, 2.45) is 55.0 Å². The zero-order valence-electron chi connectivity index (χ0n) is 69.5. The summed E-state index contributed by atoms with van der Waals surface area (Å²) in [5.74, 6) is 8.29. The third-order valence-electron chi connectivity index (χ3n) is 13.7. The highest BCUT2D eigenvalue weighted by Crippen LogP contribution is 2.16. The zero-order chi connectivity index (χ0) is 82.1. The molecule has 0 fully saturated rings. The van der Waals surface area contributed by atoms with Crippen LogP contribution in [0.15, 0.2) is 118 Å². The van der Waals surface area contributed by atoms with E-state index < -0.39 is 0 Å². The van der Waals surface area contributed by atoms with Crippen LogP contribution < -0.4 is 0 Å². The predicted octanol–water partition coefficient (Wildman–Crippen LogP) is 12.2. The fourth-order valence-electron chi connectivity index (χ4n) is 7.71. The fourth-order valence-corrected chi connectivity index (χ4v) is 7.71. The van der Waals surface area contributed by atoms with E-state index in [0.717, 1.165) is 47.8 Å². The minimum Gasteiger partial charge on any atom is -0.428 e. The van der Waals surface area contributed by atoms with Crippen LogP contribution in [0.3, 0.4) is 0 Å². The molecule has 9 aromatic heterocycles. The minimum absolute atomic E-state index is 0.102. The van der Waals surface area contributed by atoms with Crippen LogP contribution in [0, 0.1) is 31.6 Å². The maximum atomic E-state index is 10.8. The average Bonchev–Trinajstić information content (AvgIpc) is 1.78. The van der Waals surface area contributed by atoms with Crippen molar-refractivity contribution in [3.63, 3.8) is 0 Å². The van der Waals surface area contributed by atoms with Gasteiger partial charge in [0.15, 0.2) is 18.0 Å². The van der Waals surface area contributed by atoms with Crippen LogP contribution in [0.2, 0.25) is 0 Å². The average molecular weight is 1520 g/mol. The normalized spacial score (nSPS) is 12.8. The molecule has 602 valence electrons. The predicted molar refractivity (Wildman–Crippen MR) is 414 cm³/mol. The smallest absolute Gasteiger partial charge is 0.334 e. The largest absolute Gasteiger partial charge is 0.428 e. The first-order valence-electron chi connectivity index (χ1n) is 36.4. The van der Waals surface area contributed by atoms with E-state index in [1.54, 1.807) is 67.7 Å². The molecule has 13 rings (SSSR count). The van der Waals surface area contributed by atoms with Gasteiger partial charge in [-0.3, -0.25) is 29.0 Å². The Morgan fingerprint density at radius 3 is 1.45 bits per heavy atom. The highest BCUT2D eigenvalue weighted by molar-refractivity contribution is 5.96. The lowest BCUT2D eigenvalue weighted by Gasteiger charge is -2.15. The van der Waals surface area contributed by atoms with E-state index in [2.05, 4.69) is 226 Å². The number of amidine groups is 1. The molecule has 0 aromatic carbocycles.